The highest BCUT2D eigenvalue weighted by molar-refractivity contribution is 5.93. The van der Waals surface area contributed by atoms with Gasteiger partial charge in [-0.05, 0) is 49.3 Å². The van der Waals surface area contributed by atoms with Crippen LogP contribution in [0.4, 0.5) is 0 Å². The van der Waals surface area contributed by atoms with Crippen LogP contribution in [0.15, 0.2) is 30.3 Å². The lowest BCUT2D eigenvalue weighted by Crippen LogP contribution is -2.42. The third-order valence-corrected chi connectivity index (χ3v) is 6.43. The summed E-state index contributed by atoms with van der Waals surface area (Å²) < 4.78 is 7.49. The quantitative estimate of drug-likeness (QED) is 0.924. The van der Waals surface area contributed by atoms with Crippen LogP contribution in [0.5, 0.6) is 0 Å². The van der Waals surface area contributed by atoms with Gasteiger partial charge >= 0.3 is 0 Å². The van der Waals surface area contributed by atoms with Crippen LogP contribution in [0.25, 0.3) is 0 Å². The molecule has 1 atom stereocenters. The summed E-state index contributed by atoms with van der Waals surface area (Å²) in [5.41, 5.74) is 4.43. The Morgan fingerprint density at radius 3 is 2.81 bits per heavy atom. The maximum Gasteiger partial charge on any atom is 0.272 e. The zero-order chi connectivity index (χ0) is 17.7. The van der Waals surface area contributed by atoms with Gasteiger partial charge in [0, 0.05) is 37.3 Å². The number of amides is 1. The first kappa shape index (κ1) is 16.1. The summed E-state index contributed by atoms with van der Waals surface area (Å²) in [6.07, 6.45) is 5.41. The summed E-state index contributed by atoms with van der Waals surface area (Å²) in [5.74, 6) is 0.531. The number of aryl methyl sites for hydroxylation is 1. The summed E-state index contributed by atoms with van der Waals surface area (Å²) >= 11 is 0. The van der Waals surface area contributed by atoms with Gasteiger partial charge in [-0.1, -0.05) is 24.3 Å². The first-order chi connectivity index (χ1) is 12.7. The Bertz CT molecular complexity index is 847. The number of hydrogen-bond donors (Lipinski definition) is 1. The Balaban J connectivity index is 1.45. The summed E-state index contributed by atoms with van der Waals surface area (Å²) in [6, 6.07) is 10.5. The molecule has 2 fully saturated rings. The van der Waals surface area contributed by atoms with Gasteiger partial charge in [-0.15, -0.1) is 0 Å². The number of aromatic nitrogens is 2. The molecular weight excluding hydrogens is 326 g/mol. The molecule has 2 aromatic rings. The summed E-state index contributed by atoms with van der Waals surface area (Å²) in [6.45, 7) is 1.55. The van der Waals surface area contributed by atoms with E-state index in [1.165, 1.54) is 29.7 Å². The van der Waals surface area contributed by atoms with Crippen molar-refractivity contribution in [3.05, 3.63) is 52.8 Å². The first-order valence-corrected chi connectivity index (χ1v) is 9.67. The largest absolute Gasteiger partial charge is 0.381 e. The first-order valence-electron chi connectivity index (χ1n) is 9.67. The minimum Gasteiger partial charge on any atom is -0.381 e. The van der Waals surface area contributed by atoms with Gasteiger partial charge in [-0.25, -0.2) is 0 Å². The van der Waals surface area contributed by atoms with Crippen LogP contribution in [0.2, 0.25) is 0 Å². The van der Waals surface area contributed by atoms with Crippen LogP contribution < -0.4 is 5.32 Å². The molecule has 1 saturated heterocycles. The molecule has 1 aliphatic heterocycles. The van der Waals surface area contributed by atoms with Gasteiger partial charge in [0.25, 0.3) is 5.91 Å². The highest BCUT2D eigenvalue weighted by Gasteiger charge is 2.47. The van der Waals surface area contributed by atoms with Gasteiger partial charge in [-0.2, -0.15) is 5.10 Å². The molecule has 3 aliphatic rings. The number of ether oxygens (including phenoxy) is 1. The highest BCUT2D eigenvalue weighted by atomic mass is 16.5. The molecule has 1 saturated carbocycles. The Hall–Kier alpha value is -2.14. The number of nitrogens with one attached hydrogen (secondary N) is 1. The lowest BCUT2D eigenvalue weighted by atomic mass is 9.74. The summed E-state index contributed by atoms with van der Waals surface area (Å²) in [4.78, 5) is 13.0. The predicted octanol–water partition coefficient (Wildman–Crippen LogP) is 3.12. The molecule has 0 bridgehead atoms. The Kier molecular flexibility index (Phi) is 3.67. The standard InChI is InChI=1S/C21H25N3O2/c1-24-18(14-6-7-14)12-17(23-24)20(25)22-19-16-5-3-2-4-15(16)13-21(19)8-10-26-11-9-21/h2-5,12,14,19H,6-11,13H2,1H3,(H,22,25). The van der Waals surface area contributed by atoms with Crippen LogP contribution in [0.3, 0.4) is 0 Å². The fourth-order valence-corrected chi connectivity index (χ4v) is 4.82. The molecule has 0 radical (unpaired) electrons. The van der Waals surface area contributed by atoms with Crippen molar-refractivity contribution in [2.45, 2.75) is 44.1 Å². The van der Waals surface area contributed by atoms with Crippen LogP contribution >= 0.6 is 0 Å². The van der Waals surface area contributed by atoms with E-state index in [1.807, 2.05) is 17.8 Å². The van der Waals surface area contributed by atoms with Crippen molar-refractivity contribution in [1.29, 1.82) is 0 Å². The minimum absolute atomic E-state index is 0.0430. The van der Waals surface area contributed by atoms with Gasteiger partial charge in [0.2, 0.25) is 0 Å². The van der Waals surface area contributed by atoms with E-state index in [0.29, 0.717) is 11.6 Å². The minimum atomic E-state index is -0.0555. The lowest BCUT2D eigenvalue weighted by Gasteiger charge is -2.39. The van der Waals surface area contributed by atoms with E-state index in [4.69, 9.17) is 4.74 Å². The van der Waals surface area contributed by atoms with Crippen LogP contribution in [0.1, 0.15) is 65.0 Å². The Morgan fingerprint density at radius 2 is 2.04 bits per heavy atom. The van der Waals surface area contributed by atoms with Gasteiger partial charge < -0.3 is 10.1 Å². The maximum absolute atomic E-state index is 13.0. The van der Waals surface area contributed by atoms with Crippen molar-refractivity contribution in [3.8, 4) is 0 Å². The molecule has 1 aromatic heterocycles. The number of hydrogen-bond acceptors (Lipinski definition) is 3. The van der Waals surface area contributed by atoms with Crippen molar-refractivity contribution >= 4 is 5.91 Å². The molecule has 1 aromatic carbocycles. The van der Waals surface area contributed by atoms with Gasteiger partial charge in [0.1, 0.15) is 5.69 Å². The third-order valence-electron chi connectivity index (χ3n) is 6.43. The molecular formula is C21H25N3O2. The highest BCUT2D eigenvalue weighted by Crippen LogP contribution is 2.51. The van der Waals surface area contributed by atoms with E-state index in [0.717, 1.165) is 32.5 Å². The van der Waals surface area contributed by atoms with Crippen molar-refractivity contribution < 1.29 is 9.53 Å². The topological polar surface area (TPSA) is 56.2 Å². The number of fused-ring (bicyclic) bond motifs is 1. The summed E-state index contributed by atoms with van der Waals surface area (Å²) in [5, 5.41) is 7.82. The molecule has 5 nitrogen and oxygen atoms in total. The smallest absolute Gasteiger partial charge is 0.272 e. The molecule has 2 aliphatic carbocycles. The number of rotatable bonds is 3. The number of benzene rings is 1. The molecule has 136 valence electrons. The summed E-state index contributed by atoms with van der Waals surface area (Å²) in [7, 11) is 1.94. The molecule has 1 unspecified atom stereocenters. The van der Waals surface area contributed by atoms with Crippen molar-refractivity contribution in [3.63, 3.8) is 0 Å². The van der Waals surface area contributed by atoms with Gasteiger partial charge in [-0.3, -0.25) is 9.48 Å². The van der Waals surface area contributed by atoms with E-state index >= 15 is 0 Å². The Morgan fingerprint density at radius 1 is 1.27 bits per heavy atom. The second-order valence-electron chi connectivity index (χ2n) is 8.11. The molecule has 1 N–H and O–H groups in total. The number of carbonyl (C=O) groups excluding carboxylic acids is 1. The van der Waals surface area contributed by atoms with E-state index < -0.39 is 0 Å². The zero-order valence-corrected chi connectivity index (χ0v) is 15.2. The van der Waals surface area contributed by atoms with Crippen LogP contribution in [0, 0.1) is 5.41 Å². The van der Waals surface area contributed by atoms with E-state index in [-0.39, 0.29) is 17.4 Å². The molecule has 5 heteroatoms. The van der Waals surface area contributed by atoms with E-state index in [2.05, 4.69) is 34.7 Å². The Labute approximate surface area is 153 Å². The second-order valence-corrected chi connectivity index (χ2v) is 8.11. The molecule has 1 spiro atoms. The fourth-order valence-electron chi connectivity index (χ4n) is 4.82. The zero-order valence-electron chi connectivity index (χ0n) is 15.2. The molecule has 5 rings (SSSR count). The van der Waals surface area contributed by atoms with Crippen molar-refractivity contribution in [1.82, 2.24) is 15.1 Å². The predicted molar refractivity (Wildman–Crippen MR) is 98.0 cm³/mol. The molecule has 2 heterocycles. The fraction of sp³-hybridized carbons (Fsp3) is 0.524. The third kappa shape index (κ3) is 2.57. The van der Waals surface area contributed by atoms with Gasteiger partial charge in [0.15, 0.2) is 0 Å². The molecule has 26 heavy (non-hydrogen) atoms. The number of nitrogens with zero attached hydrogens (tertiary/aromatic N) is 2. The average molecular weight is 351 g/mol. The lowest BCUT2D eigenvalue weighted by molar-refractivity contribution is 0.000508. The normalized spacial score (nSPS) is 23.8. The van der Waals surface area contributed by atoms with E-state index in [9.17, 15) is 4.79 Å². The number of carbonyl (C=O) groups is 1. The van der Waals surface area contributed by atoms with Crippen molar-refractivity contribution in [2.24, 2.45) is 12.5 Å². The van der Waals surface area contributed by atoms with Gasteiger partial charge in [0.05, 0.1) is 6.04 Å². The average Bonchev–Trinajstić information content (AvgIpc) is 3.36. The van der Waals surface area contributed by atoms with Crippen LogP contribution in [-0.2, 0) is 18.2 Å². The van der Waals surface area contributed by atoms with Crippen LogP contribution in [-0.4, -0.2) is 28.9 Å². The van der Waals surface area contributed by atoms with E-state index in [1.54, 1.807) is 0 Å². The second kappa shape index (κ2) is 5.95. The molecule has 1 amide bonds. The van der Waals surface area contributed by atoms with Crippen molar-refractivity contribution in [2.75, 3.05) is 13.2 Å². The SMILES string of the molecule is Cn1nc(C(=O)NC2c3ccccc3CC23CCOCC3)cc1C1CC1. The monoisotopic (exact) mass is 351 g/mol. The maximum atomic E-state index is 13.0.